The number of fused-ring (bicyclic) bond motifs is 1. The maximum Gasteiger partial charge on any atom is 0.260 e. The topological polar surface area (TPSA) is 3.24 Å². The summed E-state index contributed by atoms with van der Waals surface area (Å²) < 4.78 is 28.1. The van der Waals surface area contributed by atoms with Crippen molar-refractivity contribution in [3.05, 3.63) is 33.8 Å². The number of likely N-dealkylation sites (tertiary alicyclic amines) is 1. The second kappa shape index (κ2) is 4.57. The molecule has 0 aromatic heterocycles. The molecule has 1 atom stereocenters. The van der Waals surface area contributed by atoms with Crippen LogP contribution in [0.15, 0.2) is 22.7 Å². The molecule has 0 saturated carbocycles. The summed E-state index contributed by atoms with van der Waals surface area (Å²) in [5.41, 5.74) is 2.55. The van der Waals surface area contributed by atoms with E-state index < -0.39 is 5.92 Å². The molecule has 0 spiro atoms. The Hall–Kier alpha value is -0.480. The highest BCUT2D eigenvalue weighted by Gasteiger charge is 2.39. The minimum atomic E-state index is -2.50. The Morgan fingerprint density at radius 3 is 2.94 bits per heavy atom. The second-order valence-electron chi connectivity index (χ2n) is 5.33. The van der Waals surface area contributed by atoms with E-state index in [0.29, 0.717) is 6.42 Å². The zero-order valence-electron chi connectivity index (χ0n) is 10.1. The van der Waals surface area contributed by atoms with Crippen molar-refractivity contribution in [3.8, 4) is 0 Å². The fourth-order valence-corrected chi connectivity index (χ4v) is 3.61. The molecule has 98 valence electrons. The van der Waals surface area contributed by atoms with Gasteiger partial charge >= 0.3 is 0 Å². The standard InChI is InChI=1S/C14H16BrF2N/c15-11-3-4-12-10(8-11)2-5-13(12)18-7-1-6-14(16,17)9-18/h3-4,8,13H,1-2,5-7,9H2. The highest BCUT2D eigenvalue weighted by molar-refractivity contribution is 9.10. The lowest BCUT2D eigenvalue weighted by molar-refractivity contribution is -0.0753. The van der Waals surface area contributed by atoms with Crippen molar-refractivity contribution in [1.29, 1.82) is 0 Å². The summed E-state index contributed by atoms with van der Waals surface area (Å²) in [4.78, 5) is 1.98. The summed E-state index contributed by atoms with van der Waals surface area (Å²) >= 11 is 3.47. The third-order valence-corrected chi connectivity index (χ3v) is 4.51. The summed E-state index contributed by atoms with van der Waals surface area (Å²) in [5.74, 6) is -2.50. The number of hydrogen-bond donors (Lipinski definition) is 0. The van der Waals surface area contributed by atoms with Gasteiger partial charge in [-0.15, -0.1) is 0 Å². The number of nitrogens with zero attached hydrogens (tertiary/aromatic N) is 1. The maximum absolute atomic E-state index is 13.5. The smallest absolute Gasteiger partial charge is 0.260 e. The van der Waals surface area contributed by atoms with Crippen LogP contribution >= 0.6 is 15.9 Å². The molecule has 1 unspecified atom stereocenters. The molecule has 1 heterocycles. The number of benzene rings is 1. The van der Waals surface area contributed by atoms with E-state index in [4.69, 9.17) is 0 Å². The maximum atomic E-state index is 13.5. The zero-order chi connectivity index (χ0) is 12.8. The lowest BCUT2D eigenvalue weighted by Gasteiger charge is -2.36. The van der Waals surface area contributed by atoms with Gasteiger partial charge < -0.3 is 0 Å². The first-order valence-electron chi connectivity index (χ1n) is 6.45. The van der Waals surface area contributed by atoms with Gasteiger partial charge in [0, 0.05) is 16.9 Å². The molecular weight excluding hydrogens is 300 g/mol. The van der Waals surface area contributed by atoms with E-state index >= 15 is 0 Å². The molecule has 1 aromatic carbocycles. The lowest BCUT2D eigenvalue weighted by atomic mass is 10.0. The van der Waals surface area contributed by atoms with E-state index in [2.05, 4.69) is 28.1 Å². The van der Waals surface area contributed by atoms with Gasteiger partial charge in [-0.1, -0.05) is 22.0 Å². The van der Waals surface area contributed by atoms with E-state index in [9.17, 15) is 8.78 Å². The Morgan fingerprint density at radius 2 is 2.17 bits per heavy atom. The Bertz CT molecular complexity index is 461. The van der Waals surface area contributed by atoms with Crippen LogP contribution in [0.5, 0.6) is 0 Å². The molecule has 4 heteroatoms. The van der Waals surface area contributed by atoms with Crippen molar-refractivity contribution < 1.29 is 8.78 Å². The van der Waals surface area contributed by atoms with E-state index in [-0.39, 0.29) is 19.0 Å². The predicted molar refractivity (Wildman–Crippen MR) is 71.0 cm³/mol. The molecule has 0 radical (unpaired) electrons. The molecule has 1 aromatic rings. The molecule has 1 fully saturated rings. The van der Waals surface area contributed by atoms with Crippen LogP contribution in [0.25, 0.3) is 0 Å². The summed E-state index contributed by atoms with van der Waals surface area (Å²) in [6.07, 6.45) is 2.63. The van der Waals surface area contributed by atoms with Gasteiger partial charge in [-0.3, -0.25) is 4.90 Å². The number of piperidine rings is 1. The minimum absolute atomic E-state index is 0.0451. The third kappa shape index (κ3) is 2.32. The van der Waals surface area contributed by atoms with Crippen LogP contribution < -0.4 is 0 Å². The average Bonchev–Trinajstić information content (AvgIpc) is 2.70. The monoisotopic (exact) mass is 315 g/mol. The lowest BCUT2D eigenvalue weighted by Crippen LogP contribution is -2.43. The summed E-state index contributed by atoms with van der Waals surface area (Å²) in [6, 6.07) is 6.42. The molecule has 2 aliphatic rings. The first-order chi connectivity index (χ1) is 8.55. The Balaban J connectivity index is 1.83. The van der Waals surface area contributed by atoms with Crippen molar-refractivity contribution in [2.75, 3.05) is 13.1 Å². The van der Waals surface area contributed by atoms with Crippen molar-refractivity contribution in [3.63, 3.8) is 0 Å². The van der Waals surface area contributed by atoms with Crippen LogP contribution in [0.4, 0.5) is 8.78 Å². The Labute approximate surface area is 114 Å². The fraction of sp³-hybridized carbons (Fsp3) is 0.571. The summed E-state index contributed by atoms with van der Waals surface area (Å²) in [5, 5.41) is 0. The van der Waals surface area contributed by atoms with Crippen LogP contribution in [-0.4, -0.2) is 23.9 Å². The average molecular weight is 316 g/mol. The molecule has 0 amide bonds. The Kier molecular flexibility index (Phi) is 3.18. The fourth-order valence-electron chi connectivity index (χ4n) is 3.20. The van der Waals surface area contributed by atoms with Crippen molar-refractivity contribution in [1.82, 2.24) is 4.90 Å². The minimum Gasteiger partial charge on any atom is -0.290 e. The van der Waals surface area contributed by atoms with Crippen LogP contribution in [0, 0.1) is 0 Å². The largest absolute Gasteiger partial charge is 0.290 e. The molecule has 0 N–H and O–H groups in total. The second-order valence-corrected chi connectivity index (χ2v) is 6.24. The first-order valence-corrected chi connectivity index (χ1v) is 7.25. The molecule has 1 nitrogen and oxygen atoms in total. The van der Waals surface area contributed by atoms with Crippen LogP contribution in [0.1, 0.15) is 36.4 Å². The van der Waals surface area contributed by atoms with Gasteiger partial charge in [-0.2, -0.15) is 0 Å². The van der Waals surface area contributed by atoms with Gasteiger partial charge in [-0.05, 0) is 49.1 Å². The molecule has 1 aliphatic heterocycles. The van der Waals surface area contributed by atoms with Crippen LogP contribution in [-0.2, 0) is 6.42 Å². The SMILES string of the molecule is FC1(F)CCCN(C2CCc3cc(Br)ccc32)C1. The van der Waals surface area contributed by atoms with Crippen LogP contribution in [0.2, 0.25) is 0 Å². The van der Waals surface area contributed by atoms with Gasteiger partial charge in [0.1, 0.15) is 0 Å². The van der Waals surface area contributed by atoms with Gasteiger partial charge in [-0.25, -0.2) is 8.78 Å². The summed E-state index contributed by atoms with van der Waals surface area (Å²) in [7, 11) is 0. The normalized spacial score (nSPS) is 27.2. The van der Waals surface area contributed by atoms with Crippen molar-refractivity contribution in [2.45, 2.75) is 37.6 Å². The molecule has 18 heavy (non-hydrogen) atoms. The van der Waals surface area contributed by atoms with Crippen molar-refractivity contribution in [2.24, 2.45) is 0 Å². The highest BCUT2D eigenvalue weighted by atomic mass is 79.9. The number of hydrogen-bond acceptors (Lipinski definition) is 1. The van der Waals surface area contributed by atoms with E-state index in [1.807, 2.05) is 11.0 Å². The number of alkyl halides is 2. The van der Waals surface area contributed by atoms with Gasteiger partial charge in [0.15, 0.2) is 0 Å². The molecule has 0 bridgehead atoms. The van der Waals surface area contributed by atoms with E-state index in [0.717, 1.165) is 23.9 Å². The summed E-state index contributed by atoms with van der Waals surface area (Å²) in [6.45, 7) is 0.725. The highest BCUT2D eigenvalue weighted by Crippen LogP contribution is 2.40. The zero-order valence-corrected chi connectivity index (χ0v) is 11.7. The molecule has 3 rings (SSSR count). The number of halogens is 3. The quantitative estimate of drug-likeness (QED) is 0.752. The molecular formula is C14H16BrF2N. The van der Waals surface area contributed by atoms with E-state index in [1.54, 1.807) is 0 Å². The molecule has 1 aliphatic carbocycles. The van der Waals surface area contributed by atoms with Gasteiger partial charge in [0.25, 0.3) is 5.92 Å². The van der Waals surface area contributed by atoms with Gasteiger partial charge in [0.2, 0.25) is 0 Å². The Morgan fingerprint density at radius 1 is 1.33 bits per heavy atom. The van der Waals surface area contributed by atoms with Crippen molar-refractivity contribution >= 4 is 15.9 Å². The van der Waals surface area contributed by atoms with E-state index in [1.165, 1.54) is 11.1 Å². The van der Waals surface area contributed by atoms with Crippen LogP contribution in [0.3, 0.4) is 0 Å². The number of rotatable bonds is 1. The first kappa shape index (κ1) is 12.5. The third-order valence-electron chi connectivity index (χ3n) is 4.01. The molecule has 1 saturated heterocycles. The van der Waals surface area contributed by atoms with Gasteiger partial charge in [0.05, 0.1) is 6.54 Å². The number of aryl methyl sites for hydroxylation is 1. The predicted octanol–water partition coefficient (Wildman–Crippen LogP) is 4.17.